The third-order valence-corrected chi connectivity index (χ3v) is 4.77. The van der Waals surface area contributed by atoms with E-state index in [1.807, 2.05) is 29.8 Å². The molecule has 0 spiro atoms. The Balaban J connectivity index is 2.00. The molecule has 2 N–H and O–H groups in total. The molecule has 1 aliphatic carbocycles. The van der Waals surface area contributed by atoms with Crippen LogP contribution in [0.15, 0.2) is 18.2 Å². The van der Waals surface area contributed by atoms with Crippen LogP contribution in [0, 0.1) is 18.8 Å². The number of tetrazole rings is 1. The molecule has 3 atom stereocenters. The van der Waals surface area contributed by atoms with E-state index in [2.05, 4.69) is 29.4 Å². The van der Waals surface area contributed by atoms with Gasteiger partial charge in [-0.25, -0.2) is 4.68 Å². The Morgan fingerprint density at radius 1 is 1.25 bits per heavy atom. The summed E-state index contributed by atoms with van der Waals surface area (Å²) < 4.78 is 1.98. The summed E-state index contributed by atoms with van der Waals surface area (Å²) in [6, 6.07) is 6.40. The van der Waals surface area contributed by atoms with Gasteiger partial charge in [0.15, 0.2) is 5.82 Å². The van der Waals surface area contributed by atoms with E-state index < -0.39 is 0 Å². The van der Waals surface area contributed by atoms with Gasteiger partial charge in [0.05, 0.1) is 6.04 Å². The summed E-state index contributed by atoms with van der Waals surface area (Å²) in [6.07, 6.45) is 2.38. The summed E-state index contributed by atoms with van der Waals surface area (Å²) in [7, 11) is 0. The van der Waals surface area contributed by atoms with Crippen LogP contribution in [0.5, 0.6) is 0 Å². The predicted octanol–water partition coefficient (Wildman–Crippen LogP) is 2.84. The minimum Gasteiger partial charge on any atom is -0.398 e. The van der Waals surface area contributed by atoms with Gasteiger partial charge in [-0.2, -0.15) is 0 Å². The van der Waals surface area contributed by atoms with Crippen molar-refractivity contribution in [2.45, 2.75) is 39.7 Å². The topological polar surface area (TPSA) is 69.6 Å². The second kappa shape index (κ2) is 4.89. The number of aryl methyl sites for hydroxylation is 1. The predicted molar refractivity (Wildman–Crippen MR) is 79.0 cm³/mol. The quantitative estimate of drug-likeness (QED) is 0.853. The van der Waals surface area contributed by atoms with Crippen LogP contribution in [0.2, 0.25) is 0 Å². The molecule has 5 nitrogen and oxygen atoms in total. The Hall–Kier alpha value is -1.91. The van der Waals surface area contributed by atoms with Crippen molar-refractivity contribution in [3.8, 4) is 11.4 Å². The highest BCUT2D eigenvalue weighted by molar-refractivity contribution is 5.63. The molecule has 0 radical (unpaired) electrons. The van der Waals surface area contributed by atoms with Crippen LogP contribution < -0.4 is 5.73 Å². The Kier molecular flexibility index (Phi) is 3.20. The molecular weight excluding hydrogens is 250 g/mol. The maximum Gasteiger partial charge on any atom is 0.182 e. The normalized spacial score (nSPS) is 26.1. The first-order valence-electron chi connectivity index (χ1n) is 7.22. The first kappa shape index (κ1) is 13.1. The number of nitrogen functional groups attached to an aromatic ring is 1. The molecular formula is C15H21N5. The number of benzene rings is 1. The maximum atomic E-state index is 6.00. The van der Waals surface area contributed by atoms with Crippen molar-refractivity contribution in [1.82, 2.24) is 20.2 Å². The second-order valence-corrected chi connectivity index (χ2v) is 6.00. The van der Waals surface area contributed by atoms with E-state index in [-0.39, 0.29) is 0 Å². The van der Waals surface area contributed by atoms with Crippen molar-refractivity contribution < 1.29 is 0 Å². The van der Waals surface area contributed by atoms with E-state index in [1.54, 1.807) is 0 Å². The van der Waals surface area contributed by atoms with Crippen LogP contribution in [0.1, 0.15) is 38.3 Å². The van der Waals surface area contributed by atoms with Crippen LogP contribution in [0.4, 0.5) is 5.69 Å². The van der Waals surface area contributed by atoms with Gasteiger partial charge in [-0.1, -0.05) is 26.0 Å². The van der Waals surface area contributed by atoms with Crippen molar-refractivity contribution in [2.24, 2.45) is 11.8 Å². The molecule has 2 aromatic rings. The summed E-state index contributed by atoms with van der Waals surface area (Å²) >= 11 is 0. The number of rotatable bonds is 2. The van der Waals surface area contributed by atoms with Crippen molar-refractivity contribution >= 4 is 5.69 Å². The van der Waals surface area contributed by atoms with Gasteiger partial charge in [0, 0.05) is 11.3 Å². The molecule has 1 aromatic carbocycles. The molecule has 3 unspecified atom stereocenters. The first-order chi connectivity index (χ1) is 9.58. The van der Waals surface area contributed by atoms with E-state index in [4.69, 9.17) is 5.73 Å². The van der Waals surface area contributed by atoms with Crippen molar-refractivity contribution in [3.05, 3.63) is 23.8 Å². The summed E-state index contributed by atoms with van der Waals surface area (Å²) in [5.41, 5.74) is 8.85. The summed E-state index contributed by atoms with van der Waals surface area (Å²) in [6.45, 7) is 6.60. The SMILES string of the molecule is Cc1ccc(-c2nnnn2C2CCC(C)C2C)cc1N. The van der Waals surface area contributed by atoms with Gasteiger partial charge >= 0.3 is 0 Å². The molecule has 3 rings (SSSR count). The molecule has 0 bridgehead atoms. The molecule has 5 heteroatoms. The van der Waals surface area contributed by atoms with Crippen LogP contribution in [-0.2, 0) is 0 Å². The van der Waals surface area contributed by atoms with Crippen LogP contribution >= 0.6 is 0 Å². The molecule has 1 saturated carbocycles. The van der Waals surface area contributed by atoms with Crippen molar-refractivity contribution in [1.29, 1.82) is 0 Å². The molecule has 0 amide bonds. The van der Waals surface area contributed by atoms with Gasteiger partial charge in [-0.05, 0) is 53.7 Å². The number of hydrogen-bond donors (Lipinski definition) is 1. The summed E-state index contributed by atoms with van der Waals surface area (Å²) in [5.74, 6) is 2.14. The largest absolute Gasteiger partial charge is 0.398 e. The molecule has 106 valence electrons. The Morgan fingerprint density at radius 3 is 2.70 bits per heavy atom. The molecule has 1 aromatic heterocycles. The zero-order chi connectivity index (χ0) is 14.3. The van der Waals surface area contributed by atoms with Gasteiger partial charge in [0.2, 0.25) is 0 Å². The number of hydrogen-bond acceptors (Lipinski definition) is 4. The van der Waals surface area contributed by atoms with E-state index in [0.29, 0.717) is 12.0 Å². The minimum atomic E-state index is 0.387. The van der Waals surface area contributed by atoms with Gasteiger partial charge in [0.1, 0.15) is 0 Å². The third kappa shape index (κ3) is 2.07. The van der Waals surface area contributed by atoms with Gasteiger partial charge in [0.25, 0.3) is 0 Å². The Labute approximate surface area is 119 Å². The standard InChI is InChI=1S/C15H21N5/c1-9-5-7-14(11(9)3)20-15(17-18-19-20)12-6-4-10(2)13(16)8-12/h4,6,8-9,11,14H,5,7,16H2,1-3H3. The average Bonchev–Trinajstić information content (AvgIpc) is 3.01. The fraction of sp³-hybridized carbons (Fsp3) is 0.533. The van der Waals surface area contributed by atoms with Gasteiger partial charge in [-0.15, -0.1) is 5.10 Å². The molecule has 0 aliphatic heterocycles. The van der Waals surface area contributed by atoms with E-state index in [9.17, 15) is 0 Å². The first-order valence-corrected chi connectivity index (χ1v) is 7.22. The fourth-order valence-electron chi connectivity index (χ4n) is 3.07. The zero-order valence-electron chi connectivity index (χ0n) is 12.2. The lowest BCUT2D eigenvalue weighted by atomic mass is 9.97. The summed E-state index contributed by atoms with van der Waals surface area (Å²) in [5, 5.41) is 12.3. The minimum absolute atomic E-state index is 0.387. The number of aromatic nitrogens is 4. The van der Waals surface area contributed by atoms with E-state index in [1.165, 1.54) is 6.42 Å². The Bertz CT molecular complexity index is 618. The second-order valence-electron chi connectivity index (χ2n) is 6.00. The number of anilines is 1. The number of nitrogens with two attached hydrogens (primary N) is 1. The third-order valence-electron chi connectivity index (χ3n) is 4.77. The zero-order valence-corrected chi connectivity index (χ0v) is 12.2. The monoisotopic (exact) mass is 271 g/mol. The van der Waals surface area contributed by atoms with Crippen LogP contribution in [-0.4, -0.2) is 20.2 Å². The highest BCUT2D eigenvalue weighted by Gasteiger charge is 2.33. The van der Waals surface area contributed by atoms with Gasteiger partial charge in [-0.3, -0.25) is 0 Å². The molecule has 20 heavy (non-hydrogen) atoms. The smallest absolute Gasteiger partial charge is 0.182 e. The summed E-state index contributed by atoms with van der Waals surface area (Å²) in [4.78, 5) is 0. The van der Waals surface area contributed by atoms with Crippen LogP contribution in [0.25, 0.3) is 11.4 Å². The fourth-order valence-corrected chi connectivity index (χ4v) is 3.07. The number of nitrogens with zero attached hydrogens (tertiary/aromatic N) is 4. The van der Waals surface area contributed by atoms with Crippen molar-refractivity contribution in [2.75, 3.05) is 5.73 Å². The molecule has 1 heterocycles. The Morgan fingerprint density at radius 2 is 2.05 bits per heavy atom. The lowest BCUT2D eigenvalue weighted by Gasteiger charge is -2.19. The molecule has 1 fully saturated rings. The highest BCUT2D eigenvalue weighted by Crippen LogP contribution is 2.40. The lowest BCUT2D eigenvalue weighted by molar-refractivity contribution is 0.328. The lowest BCUT2D eigenvalue weighted by Crippen LogP contribution is -2.17. The van der Waals surface area contributed by atoms with Gasteiger partial charge < -0.3 is 5.73 Å². The molecule has 1 aliphatic rings. The highest BCUT2D eigenvalue weighted by atomic mass is 15.6. The van der Waals surface area contributed by atoms with E-state index >= 15 is 0 Å². The van der Waals surface area contributed by atoms with Crippen molar-refractivity contribution in [3.63, 3.8) is 0 Å². The maximum absolute atomic E-state index is 6.00. The average molecular weight is 271 g/mol. The molecule has 0 saturated heterocycles. The van der Waals surface area contributed by atoms with Crippen LogP contribution in [0.3, 0.4) is 0 Å². The van der Waals surface area contributed by atoms with E-state index in [0.717, 1.165) is 35.0 Å².